The van der Waals surface area contributed by atoms with Gasteiger partial charge in [-0.25, -0.2) is 4.39 Å². The third kappa shape index (κ3) is 2.87. The van der Waals surface area contributed by atoms with E-state index in [1.165, 1.54) is 24.3 Å². The maximum absolute atomic E-state index is 12.9. The predicted molar refractivity (Wildman–Crippen MR) is 60.5 cm³/mol. The van der Waals surface area contributed by atoms with Crippen LogP contribution in [-0.4, -0.2) is 10.2 Å². The maximum atomic E-state index is 12.9. The number of hydrogen-bond donors (Lipinski definition) is 2. The Bertz CT molecular complexity index is 526. The van der Waals surface area contributed by atoms with Crippen LogP contribution in [0.3, 0.4) is 0 Å². The summed E-state index contributed by atoms with van der Waals surface area (Å²) in [5.74, 6) is -0.0617. The normalized spacial score (nSPS) is 10.2. The molecule has 0 saturated carbocycles. The van der Waals surface area contributed by atoms with Gasteiger partial charge in [0.15, 0.2) is 0 Å². The van der Waals surface area contributed by atoms with Crippen LogP contribution < -0.4 is 4.74 Å². The summed E-state index contributed by atoms with van der Waals surface area (Å²) < 4.78 is 18.2. The minimum atomic E-state index is -0.377. The minimum Gasteiger partial charge on any atom is -0.508 e. The average molecular weight is 234 g/mol. The predicted octanol–water partition coefficient (Wildman–Crippen LogP) is 2.82. The fraction of sp³-hybridized carbons (Fsp3) is 0.0769. The highest BCUT2D eigenvalue weighted by Crippen LogP contribution is 2.24. The van der Waals surface area contributed by atoms with Gasteiger partial charge in [-0.3, -0.25) is 0 Å². The van der Waals surface area contributed by atoms with Crippen LogP contribution in [0.25, 0.3) is 0 Å². The number of ether oxygens (including phenoxy) is 1. The first-order chi connectivity index (χ1) is 8.15. The summed E-state index contributed by atoms with van der Waals surface area (Å²) in [5, 5.41) is 18.6. The molecule has 0 aliphatic carbocycles. The standard InChI is InChI=1S/C13H11FO3/c14-10-2-1-3-12(6-10)17-8-9-4-5-11(15)7-13(9)16/h1-7,15-16H,8H2. The number of hydrogen-bond acceptors (Lipinski definition) is 3. The van der Waals surface area contributed by atoms with Crippen molar-refractivity contribution in [2.24, 2.45) is 0 Å². The van der Waals surface area contributed by atoms with E-state index >= 15 is 0 Å². The Hall–Kier alpha value is -2.23. The molecule has 2 N–H and O–H groups in total. The second-order valence-electron chi connectivity index (χ2n) is 3.56. The maximum Gasteiger partial charge on any atom is 0.126 e. The van der Waals surface area contributed by atoms with Gasteiger partial charge in [0, 0.05) is 17.7 Å². The third-order valence-corrected chi connectivity index (χ3v) is 2.26. The lowest BCUT2D eigenvalue weighted by atomic mass is 10.2. The summed E-state index contributed by atoms with van der Waals surface area (Å²) in [5.41, 5.74) is 0.520. The van der Waals surface area contributed by atoms with Gasteiger partial charge in [-0.1, -0.05) is 6.07 Å². The largest absolute Gasteiger partial charge is 0.508 e. The van der Waals surface area contributed by atoms with Gasteiger partial charge in [0.05, 0.1) is 0 Å². The van der Waals surface area contributed by atoms with Gasteiger partial charge in [-0.15, -0.1) is 0 Å². The van der Waals surface area contributed by atoms with E-state index in [9.17, 15) is 9.50 Å². The van der Waals surface area contributed by atoms with E-state index in [0.29, 0.717) is 11.3 Å². The van der Waals surface area contributed by atoms with Gasteiger partial charge in [0.25, 0.3) is 0 Å². The zero-order valence-corrected chi connectivity index (χ0v) is 8.93. The van der Waals surface area contributed by atoms with Crippen LogP contribution >= 0.6 is 0 Å². The van der Waals surface area contributed by atoms with Crippen molar-refractivity contribution in [3.63, 3.8) is 0 Å². The first-order valence-corrected chi connectivity index (χ1v) is 5.04. The van der Waals surface area contributed by atoms with Crippen molar-refractivity contribution in [3.05, 3.63) is 53.8 Å². The molecule has 4 heteroatoms. The molecule has 0 aromatic heterocycles. The van der Waals surface area contributed by atoms with E-state index in [0.717, 1.165) is 0 Å². The van der Waals surface area contributed by atoms with Gasteiger partial charge in [-0.2, -0.15) is 0 Å². The molecule has 0 saturated heterocycles. The Labute approximate surface area is 97.7 Å². The van der Waals surface area contributed by atoms with Crippen molar-refractivity contribution in [1.29, 1.82) is 0 Å². The molecule has 0 unspecified atom stereocenters. The Morgan fingerprint density at radius 1 is 1.06 bits per heavy atom. The summed E-state index contributed by atoms with van der Waals surface area (Å²) >= 11 is 0. The fourth-order valence-corrected chi connectivity index (χ4v) is 1.39. The average Bonchev–Trinajstić information content (AvgIpc) is 2.28. The Morgan fingerprint density at radius 2 is 1.88 bits per heavy atom. The summed E-state index contributed by atoms with van der Waals surface area (Å²) in [6.45, 7) is 0.107. The molecular formula is C13H11FO3. The monoisotopic (exact) mass is 234 g/mol. The van der Waals surface area contributed by atoms with E-state index < -0.39 is 0 Å². The SMILES string of the molecule is Oc1ccc(COc2cccc(F)c2)c(O)c1. The van der Waals surface area contributed by atoms with Crippen LogP contribution in [0.1, 0.15) is 5.56 Å². The molecular weight excluding hydrogens is 223 g/mol. The van der Waals surface area contributed by atoms with Crippen molar-refractivity contribution < 1.29 is 19.3 Å². The molecule has 2 aromatic carbocycles. The zero-order chi connectivity index (χ0) is 12.3. The number of phenolic OH excluding ortho intramolecular Hbond substituents is 2. The molecule has 0 spiro atoms. The molecule has 0 fully saturated rings. The van der Waals surface area contributed by atoms with Crippen molar-refractivity contribution in [2.75, 3.05) is 0 Å². The molecule has 2 aromatic rings. The van der Waals surface area contributed by atoms with Crippen LogP contribution in [0.4, 0.5) is 4.39 Å². The van der Waals surface area contributed by atoms with Gasteiger partial charge >= 0.3 is 0 Å². The van der Waals surface area contributed by atoms with E-state index in [4.69, 9.17) is 9.84 Å². The van der Waals surface area contributed by atoms with Gasteiger partial charge in [-0.05, 0) is 24.3 Å². The molecule has 3 nitrogen and oxygen atoms in total. The lowest BCUT2D eigenvalue weighted by Gasteiger charge is -2.08. The Morgan fingerprint density at radius 3 is 2.59 bits per heavy atom. The van der Waals surface area contributed by atoms with Crippen LogP contribution in [0.15, 0.2) is 42.5 Å². The number of benzene rings is 2. The van der Waals surface area contributed by atoms with Crippen molar-refractivity contribution >= 4 is 0 Å². The topological polar surface area (TPSA) is 49.7 Å². The van der Waals surface area contributed by atoms with E-state index in [1.54, 1.807) is 18.2 Å². The second kappa shape index (κ2) is 4.74. The van der Waals surface area contributed by atoms with Gasteiger partial charge in [0.1, 0.15) is 29.7 Å². The van der Waals surface area contributed by atoms with Crippen LogP contribution in [0.2, 0.25) is 0 Å². The first-order valence-electron chi connectivity index (χ1n) is 5.04. The van der Waals surface area contributed by atoms with Gasteiger partial charge in [0.2, 0.25) is 0 Å². The van der Waals surface area contributed by atoms with E-state index in [2.05, 4.69) is 0 Å². The Balaban J connectivity index is 2.07. The number of rotatable bonds is 3. The first kappa shape index (κ1) is 11.3. The number of aromatic hydroxyl groups is 2. The van der Waals surface area contributed by atoms with Crippen LogP contribution in [-0.2, 0) is 6.61 Å². The van der Waals surface area contributed by atoms with Crippen molar-refractivity contribution in [3.8, 4) is 17.2 Å². The number of halogens is 1. The lowest BCUT2D eigenvalue weighted by Crippen LogP contribution is -1.95. The lowest BCUT2D eigenvalue weighted by molar-refractivity contribution is 0.297. The molecule has 0 bridgehead atoms. The summed E-state index contributed by atoms with van der Waals surface area (Å²) in [6, 6.07) is 9.97. The molecule has 0 aliphatic heterocycles. The molecule has 88 valence electrons. The summed E-state index contributed by atoms with van der Waals surface area (Å²) in [6.07, 6.45) is 0. The van der Waals surface area contributed by atoms with E-state index in [1.807, 2.05) is 0 Å². The molecule has 0 aliphatic rings. The molecule has 0 amide bonds. The van der Waals surface area contributed by atoms with Crippen molar-refractivity contribution in [1.82, 2.24) is 0 Å². The van der Waals surface area contributed by atoms with Crippen LogP contribution in [0.5, 0.6) is 17.2 Å². The highest BCUT2D eigenvalue weighted by molar-refractivity contribution is 5.38. The fourth-order valence-electron chi connectivity index (χ4n) is 1.39. The summed E-state index contributed by atoms with van der Waals surface area (Å²) in [7, 11) is 0. The zero-order valence-electron chi connectivity index (χ0n) is 8.93. The molecule has 0 atom stereocenters. The highest BCUT2D eigenvalue weighted by Gasteiger charge is 2.03. The number of phenols is 2. The second-order valence-corrected chi connectivity index (χ2v) is 3.56. The highest BCUT2D eigenvalue weighted by atomic mass is 19.1. The van der Waals surface area contributed by atoms with Crippen LogP contribution in [0, 0.1) is 5.82 Å². The van der Waals surface area contributed by atoms with Crippen molar-refractivity contribution in [2.45, 2.75) is 6.61 Å². The third-order valence-electron chi connectivity index (χ3n) is 2.26. The Kier molecular flexibility index (Phi) is 3.14. The smallest absolute Gasteiger partial charge is 0.126 e. The quantitative estimate of drug-likeness (QED) is 0.858. The molecule has 17 heavy (non-hydrogen) atoms. The summed E-state index contributed by atoms with van der Waals surface area (Å²) in [4.78, 5) is 0. The molecule has 0 radical (unpaired) electrons. The van der Waals surface area contributed by atoms with E-state index in [-0.39, 0.29) is 23.9 Å². The molecule has 2 rings (SSSR count). The van der Waals surface area contributed by atoms with Gasteiger partial charge < -0.3 is 14.9 Å². The molecule has 0 heterocycles. The minimum absolute atomic E-state index is 0.0167.